The van der Waals surface area contributed by atoms with E-state index in [0.717, 1.165) is 58.9 Å². The summed E-state index contributed by atoms with van der Waals surface area (Å²) in [6.45, 7) is 13.0. The van der Waals surface area contributed by atoms with Gasteiger partial charge in [0.2, 0.25) is 0 Å². The Morgan fingerprint density at radius 3 is 2.67 bits per heavy atom. The van der Waals surface area contributed by atoms with E-state index < -0.39 is 5.60 Å². The molecule has 0 saturated carbocycles. The zero-order valence-corrected chi connectivity index (χ0v) is 13.6. The van der Waals surface area contributed by atoms with Crippen LogP contribution in [0, 0.1) is 0 Å². The Balaban J connectivity index is 1.62. The molecule has 2 fully saturated rings. The average molecular weight is 299 g/mol. The van der Waals surface area contributed by atoms with Crippen LogP contribution in [0.5, 0.6) is 0 Å². The molecule has 2 aliphatic heterocycles. The van der Waals surface area contributed by atoms with Crippen molar-refractivity contribution in [3.8, 4) is 0 Å². The van der Waals surface area contributed by atoms with E-state index in [9.17, 15) is 4.79 Å². The van der Waals surface area contributed by atoms with E-state index in [4.69, 9.17) is 9.47 Å². The molecule has 2 rings (SSSR count). The highest BCUT2D eigenvalue weighted by Gasteiger charge is 2.29. The minimum absolute atomic E-state index is 0.194. The summed E-state index contributed by atoms with van der Waals surface area (Å²) in [5.41, 5.74) is -0.418. The van der Waals surface area contributed by atoms with Crippen molar-refractivity contribution in [1.29, 1.82) is 0 Å². The van der Waals surface area contributed by atoms with Crippen LogP contribution in [-0.4, -0.2) is 80.0 Å². The van der Waals surface area contributed by atoms with Gasteiger partial charge in [-0.15, -0.1) is 0 Å². The van der Waals surface area contributed by atoms with Crippen molar-refractivity contribution < 1.29 is 14.3 Å². The molecule has 0 bridgehead atoms. The second-order valence-corrected chi connectivity index (χ2v) is 6.82. The minimum atomic E-state index is -0.418. The standard InChI is InChI=1S/C15H29N3O3/c1-15(2,3)21-14(19)18-6-4-13(12-18)16-5-7-17-8-10-20-11-9-17/h13,16H,4-12H2,1-3H3. The Bertz CT molecular complexity index is 338. The van der Waals surface area contributed by atoms with Crippen LogP contribution in [0.15, 0.2) is 0 Å². The number of carbonyl (C=O) groups excluding carboxylic acids is 1. The van der Waals surface area contributed by atoms with Gasteiger partial charge in [0.05, 0.1) is 13.2 Å². The van der Waals surface area contributed by atoms with Crippen LogP contribution in [-0.2, 0) is 9.47 Å². The molecule has 122 valence electrons. The van der Waals surface area contributed by atoms with E-state index in [1.54, 1.807) is 4.90 Å². The maximum absolute atomic E-state index is 12.0. The van der Waals surface area contributed by atoms with Gasteiger partial charge in [-0.05, 0) is 27.2 Å². The fraction of sp³-hybridized carbons (Fsp3) is 0.933. The first-order valence-corrected chi connectivity index (χ1v) is 7.95. The van der Waals surface area contributed by atoms with Crippen LogP contribution >= 0.6 is 0 Å². The van der Waals surface area contributed by atoms with E-state index in [-0.39, 0.29) is 6.09 Å². The number of ether oxygens (including phenoxy) is 2. The van der Waals surface area contributed by atoms with Crippen molar-refractivity contribution in [3.63, 3.8) is 0 Å². The zero-order chi connectivity index (χ0) is 15.3. The summed E-state index contributed by atoms with van der Waals surface area (Å²) in [5.74, 6) is 0. The highest BCUT2D eigenvalue weighted by atomic mass is 16.6. The van der Waals surface area contributed by atoms with Crippen molar-refractivity contribution >= 4 is 6.09 Å². The number of nitrogens with zero attached hydrogens (tertiary/aromatic N) is 2. The number of morpholine rings is 1. The van der Waals surface area contributed by atoms with E-state index >= 15 is 0 Å². The molecule has 21 heavy (non-hydrogen) atoms. The second-order valence-electron chi connectivity index (χ2n) is 6.82. The summed E-state index contributed by atoms with van der Waals surface area (Å²) < 4.78 is 10.7. The zero-order valence-electron chi connectivity index (χ0n) is 13.6. The molecule has 0 radical (unpaired) electrons. The van der Waals surface area contributed by atoms with Crippen molar-refractivity contribution in [2.24, 2.45) is 0 Å². The predicted molar refractivity (Wildman–Crippen MR) is 81.5 cm³/mol. The molecule has 2 aliphatic rings. The highest BCUT2D eigenvalue weighted by Crippen LogP contribution is 2.15. The van der Waals surface area contributed by atoms with Crippen molar-refractivity contribution in [2.45, 2.75) is 38.8 Å². The topological polar surface area (TPSA) is 54.0 Å². The molecular weight excluding hydrogens is 270 g/mol. The molecule has 0 spiro atoms. The maximum Gasteiger partial charge on any atom is 0.410 e. The fourth-order valence-corrected chi connectivity index (χ4v) is 2.67. The van der Waals surface area contributed by atoms with Crippen LogP contribution in [0.3, 0.4) is 0 Å². The summed E-state index contributed by atoms with van der Waals surface area (Å²) in [6, 6.07) is 0.388. The van der Waals surface area contributed by atoms with Crippen LogP contribution in [0.2, 0.25) is 0 Å². The largest absolute Gasteiger partial charge is 0.444 e. The molecule has 1 amide bonds. The number of nitrogens with one attached hydrogen (secondary N) is 1. The molecule has 1 N–H and O–H groups in total. The monoisotopic (exact) mass is 299 g/mol. The molecule has 6 nitrogen and oxygen atoms in total. The first-order chi connectivity index (χ1) is 9.94. The Kier molecular flexibility index (Phi) is 5.84. The average Bonchev–Trinajstić information content (AvgIpc) is 2.87. The molecule has 0 aliphatic carbocycles. The van der Waals surface area contributed by atoms with E-state index in [1.165, 1.54) is 0 Å². The summed E-state index contributed by atoms with van der Waals surface area (Å²) in [5, 5.41) is 3.54. The minimum Gasteiger partial charge on any atom is -0.444 e. The summed E-state index contributed by atoms with van der Waals surface area (Å²) in [6.07, 6.45) is 0.808. The highest BCUT2D eigenvalue weighted by molar-refractivity contribution is 5.68. The van der Waals surface area contributed by atoms with Crippen LogP contribution in [0.1, 0.15) is 27.2 Å². The van der Waals surface area contributed by atoms with Crippen molar-refractivity contribution in [3.05, 3.63) is 0 Å². The summed E-state index contributed by atoms with van der Waals surface area (Å²) >= 11 is 0. The number of amides is 1. The van der Waals surface area contributed by atoms with E-state index in [1.807, 2.05) is 20.8 Å². The molecule has 2 saturated heterocycles. The Morgan fingerprint density at radius 1 is 1.29 bits per heavy atom. The maximum atomic E-state index is 12.0. The number of hydrogen-bond donors (Lipinski definition) is 1. The lowest BCUT2D eigenvalue weighted by atomic mass is 10.2. The second kappa shape index (κ2) is 7.42. The summed E-state index contributed by atoms with van der Waals surface area (Å²) in [7, 11) is 0. The molecule has 0 aromatic carbocycles. The Labute approximate surface area is 127 Å². The van der Waals surface area contributed by atoms with Crippen LogP contribution < -0.4 is 5.32 Å². The smallest absolute Gasteiger partial charge is 0.410 e. The third kappa shape index (κ3) is 5.80. The first-order valence-electron chi connectivity index (χ1n) is 7.95. The number of likely N-dealkylation sites (tertiary alicyclic amines) is 1. The third-order valence-electron chi connectivity index (χ3n) is 3.80. The Morgan fingerprint density at radius 2 is 2.00 bits per heavy atom. The van der Waals surface area contributed by atoms with Gasteiger partial charge in [0.1, 0.15) is 5.60 Å². The predicted octanol–water partition coefficient (Wildman–Crippen LogP) is 0.918. The molecule has 2 heterocycles. The molecule has 6 heteroatoms. The fourth-order valence-electron chi connectivity index (χ4n) is 2.67. The van der Waals surface area contributed by atoms with Crippen LogP contribution in [0.25, 0.3) is 0 Å². The van der Waals surface area contributed by atoms with Gasteiger partial charge in [-0.2, -0.15) is 0 Å². The number of carbonyl (C=O) groups is 1. The van der Waals surface area contributed by atoms with Gasteiger partial charge in [0, 0.05) is 45.3 Å². The molecule has 0 aromatic rings. The lowest BCUT2D eigenvalue weighted by molar-refractivity contribution is 0.0288. The third-order valence-corrected chi connectivity index (χ3v) is 3.80. The molecular formula is C15H29N3O3. The SMILES string of the molecule is CC(C)(C)OC(=O)N1CCC(NCCN2CCOCC2)C1. The van der Waals surface area contributed by atoms with Gasteiger partial charge in [0.15, 0.2) is 0 Å². The summed E-state index contributed by atoms with van der Waals surface area (Å²) in [4.78, 5) is 16.2. The molecule has 1 atom stereocenters. The lowest BCUT2D eigenvalue weighted by Gasteiger charge is -2.27. The van der Waals surface area contributed by atoms with Gasteiger partial charge >= 0.3 is 6.09 Å². The first kappa shape index (κ1) is 16.5. The van der Waals surface area contributed by atoms with Gasteiger partial charge in [-0.3, -0.25) is 4.90 Å². The van der Waals surface area contributed by atoms with Gasteiger partial charge in [-0.1, -0.05) is 0 Å². The van der Waals surface area contributed by atoms with Gasteiger partial charge < -0.3 is 19.7 Å². The quantitative estimate of drug-likeness (QED) is 0.836. The molecule has 1 unspecified atom stereocenters. The normalized spacial score (nSPS) is 24.3. The van der Waals surface area contributed by atoms with Crippen molar-refractivity contribution in [1.82, 2.24) is 15.1 Å². The lowest BCUT2D eigenvalue weighted by Crippen LogP contribution is -2.43. The van der Waals surface area contributed by atoms with E-state index in [0.29, 0.717) is 6.04 Å². The number of rotatable bonds is 4. The van der Waals surface area contributed by atoms with Crippen LogP contribution in [0.4, 0.5) is 4.79 Å². The van der Waals surface area contributed by atoms with Gasteiger partial charge in [-0.25, -0.2) is 4.79 Å². The van der Waals surface area contributed by atoms with E-state index in [2.05, 4.69) is 10.2 Å². The molecule has 0 aromatic heterocycles. The van der Waals surface area contributed by atoms with Crippen molar-refractivity contribution in [2.75, 3.05) is 52.5 Å². The van der Waals surface area contributed by atoms with Gasteiger partial charge in [0.25, 0.3) is 0 Å². The Hall–Kier alpha value is -0.850. The number of hydrogen-bond acceptors (Lipinski definition) is 5.